The van der Waals surface area contributed by atoms with Crippen LogP contribution in [0, 0.1) is 11.3 Å². The number of nitrogens with zero attached hydrogens (tertiary/aromatic N) is 1. The highest BCUT2D eigenvalue weighted by molar-refractivity contribution is 5.36. The summed E-state index contributed by atoms with van der Waals surface area (Å²) in [5.41, 5.74) is 0.463. The zero-order chi connectivity index (χ0) is 13.4. The molecule has 0 atom stereocenters. The third kappa shape index (κ3) is 6.11. The van der Waals surface area contributed by atoms with E-state index in [1.165, 1.54) is 0 Å². The van der Waals surface area contributed by atoms with Crippen LogP contribution in [-0.2, 0) is 4.74 Å². The molecule has 0 amide bonds. The molecule has 18 heavy (non-hydrogen) atoms. The molecule has 0 fully saturated rings. The van der Waals surface area contributed by atoms with Gasteiger partial charge in [-0.1, -0.05) is 6.07 Å². The first-order valence-electron chi connectivity index (χ1n) is 5.29. The number of benzene rings is 1. The second kappa shape index (κ2) is 6.87. The Hall–Kier alpha value is -1.74. The molecule has 0 aliphatic heterocycles. The molecule has 0 aliphatic rings. The van der Waals surface area contributed by atoms with E-state index in [1.54, 1.807) is 24.3 Å². The van der Waals surface area contributed by atoms with Crippen LogP contribution < -0.4 is 4.74 Å². The molecule has 0 unspecified atom stereocenters. The molecule has 0 spiro atoms. The minimum absolute atomic E-state index is 0.0763. The van der Waals surface area contributed by atoms with Gasteiger partial charge in [-0.2, -0.15) is 18.4 Å². The Morgan fingerprint density at radius 2 is 1.94 bits per heavy atom. The van der Waals surface area contributed by atoms with E-state index in [9.17, 15) is 13.2 Å². The largest absolute Gasteiger partial charge is 0.491 e. The lowest BCUT2D eigenvalue weighted by molar-refractivity contribution is -0.145. The van der Waals surface area contributed by atoms with Crippen LogP contribution in [0.1, 0.15) is 12.0 Å². The van der Waals surface area contributed by atoms with Gasteiger partial charge in [0.1, 0.15) is 12.4 Å². The Bertz CT molecular complexity index is 413. The van der Waals surface area contributed by atoms with Crippen molar-refractivity contribution in [3.8, 4) is 11.8 Å². The van der Waals surface area contributed by atoms with Gasteiger partial charge >= 0.3 is 6.18 Å². The fraction of sp³-hybridized carbons (Fsp3) is 0.417. The topological polar surface area (TPSA) is 42.2 Å². The minimum atomic E-state index is -4.19. The third-order valence-electron chi connectivity index (χ3n) is 1.99. The van der Waals surface area contributed by atoms with Gasteiger partial charge in [0.05, 0.1) is 31.3 Å². The Morgan fingerprint density at radius 3 is 2.61 bits per heavy atom. The van der Waals surface area contributed by atoms with Gasteiger partial charge in [0.2, 0.25) is 0 Å². The summed E-state index contributed by atoms with van der Waals surface area (Å²) < 4.78 is 45.3. The highest BCUT2D eigenvalue weighted by Crippen LogP contribution is 2.18. The smallest absolute Gasteiger partial charge is 0.391 e. The van der Waals surface area contributed by atoms with E-state index in [4.69, 9.17) is 14.7 Å². The van der Waals surface area contributed by atoms with Crippen LogP contribution in [0.2, 0.25) is 0 Å². The lowest BCUT2D eigenvalue weighted by Gasteiger charge is -2.08. The lowest BCUT2D eigenvalue weighted by Crippen LogP contribution is -2.14. The average molecular weight is 259 g/mol. The molecular weight excluding hydrogens is 247 g/mol. The van der Waals surface area contributed by atoms with Crippen LogP contribution in [0.3, 0.4) is 0 Å². The molecule has 0 N–H and O–H groups in total. The van der Waals surface area contributed by atoms with Crippen molar-refractivity contribution < 1.29 is 22.6 Å². The van der Waals surface area contributed by atoms with Crippen molar-refractivity contribution >= 4 is 0 Å². The summed E-state index contributed by atoms with van der Waals surface area (Å²) in [5.74, 6) is 0.494. The van der Waals surface area contributed by atoms with Crippen LogP contribution in [0.5, 0.6) is 5.75 Å². The van der Waals surface area contributed by atoms with E-state index in [1.807, 2.05) is 6.07 Å². The molecule has 0 aromatic heterocycles. The van der Waals surface area contributed by atoms with Gasteiger partial charge in [0.15, 0.2) is 0 Å². The second-order valence-corrected chi connectivity index (χ2v) is 3.47. The number of alkyl halides is 3. The number of hydrogen-bond acceptors (Lipinski definition) is 3. The van der Waals surface area contributed by atoms with E-state index >= 15 is 0 Å². The summed E-state index contributed by atoms with van der Waals surface area (Å²) in [6, 6.07) is 8.47. The standard InChI is InChI=1S/C12H12F3NO2/c13-12(14,15)4-5-17-6-7-18-11-3-1-2-10(8-11)9-16/h1-3,8H,4-7H2. The van der Waals surface area contributed by atoms with Crippen LogP contribution in [-0.4, -0.2) is 26.0 Å². The monoisotopic (exact) mass is 259 g/mol. The molecule has 0 aliphatic carbocycles. The predicted octanol–water partition coefficient (Wildman–Crippen LogP) is 2.91. The summed E-state index contributed by atoms with van der Waals surface area (Å²) in [6.07, 6.45) is -5.15. The molecule has 1 aromatic rings. The van der Waals surface area contributed by atoms with Crippen LogP contribution in [0.15, 0.2) is 24.3 Å². The summed E-state index contributed by atoms with van der Waals surface area (Å²) in [7, 11) is 0. The van der Waals surface area contributed by atoms with Crippen LogP contribution in [0.25, 0.3) is 0 Å². The molecule has 0 heterocycles. The first-order chi connectivity index (χ1) is 8.51. The number of halogens is 3. The van der Waals surface area contributed by atoms with Gasteiger partial charge in [-0.25, -0.2) is 0 Å². The van der Waals surface area contributed by atoms with Crippen molar-refractivity contribution in [2.45, 2.75) is 12.6 Å². The number of hydrogen-bond donors (Lipinski definition) is 0. The molecule has 0 bridgehead atoms. The molecule has 98 valence electrons. The zero-order valence-electron chi connectivity index (χ0n) is 9.54. The maximum absolute atomic E-state index is 11.8. The molecular formula is C12H12F3NO2. The van der Waals surface area contributed by atoms with E-state index in [2.05, 4.69) is 0 Å². The maximum Gasteiger partial charge on any atom is 0.391 e. The molecule has 3 nitrogen and oxygen atoms in total. The Balaban J connectivity index is 2.16. The number of ether oxygens (including phenoxy) is 2. The summed E-state index contributed by atoms with van der Waals surface area (Å²) in [6.45, 7) is -0.148. The van der Waals surface area contributed by atoms with Gasteiger partial charge in [-0.3, -0.25) is 0 Å². The highest BCUT2D eigenvalue weighted by Gasteiger charge is 2.26. The maximum atomic E-state index is 11.8. The third-order valence-corrected chi connectivity index (χ3v) is 1.99. The van der Waals surface area contributed by atoms with Gasteiger partial charge in [-0.05, 0) is 18.2 Å². The summed E-state index contributed by atoms with van der Waals surface area (Å²) in [4.78, 5) is 0. The SMILES string of the molecule is N#Cc1cccc(OCCOCCC(F)(F)F)c1. The number of rotatable bonds is 6. The molecule has 1 aromatic carbocycles. The molecule has 0 saturated carbocycles. The molecule has 0 saturated heterocycles. The Morgan fingerprint density at radius 1 is 1.17 bits per heavy atom. The fourth-order valence-electron chi connectivity index (χ4n) is 1.16. The predicted molar refractivity (Wildman–Crippen MR) is 58.1 cm³/mol. The first-order valence-corrected chi connectivity index (χ1v) is 5.29. The highest BCUT2D eigenvalue weighted by atomic mass is 19.4. The van der Waals surface area contributed by atoms with Crippen molar-refractivity contribution in [2.24, 2.45) is 0 Å². The quantitative estimate of drug-likeness (QED) is 0.738. The van der Waals surface area contributed by atoms with Crippen molar-refractivity contribution in [1.82, 2.24) is 0 Å². The van der Waals surface area contributed by atoms with Gasteiger partial charge in [0, 0.05) is 0 Å². The Labute approximate surface area is 103 Å². The molecule has 0 radical (unpaired) electrons. The fourth-order valence-corrected chi connectivity index (χ4v) is 1.16. The van der Waals surface area contributed by atoms with Gasteiger partial charge in [-0.15, -0.1) is 0 Å². The number of nitriles is 1. The van der Waals surface area contributed by atoms with E-state index in [0.29, 0.717) is 11.3 Å². The van der Waals surface area contributed by atoms with Gasteiger partial charge in [0.25, 0.3) is 0 Å². The average Bonchev–Trinajstić information content (AvgIpc) is 2.32. The van der Waals surface area contributed by atoms with E-state index < -0.39 is 12.6 Å². The second-order valence-electron chi connectivity index (χ2n) is 3.47. The first kappa shape index (κ1) is 14.3. The van der Waals surface area contributed by atoms with E-state index in [0.717, 1.165) is 0 Å². The minimum Gasteiger partial charge on any atom is -0.491 e. The van der Waals surface area contributed by atoms with Crippen molar-refractivity contribution in [3.05, 3.63) is 29.8 Å². The van der Waals surface area contributed by atoms with Crippen molar-refractivity contribution in [3.63, 3.8) is 0 Å². The molecule has 6 heteroatoms. The summed E-state index contributed by atoms with van der Waals surface area (Å²) >= 11 is 0. The van der Waals surface area contributed by atoms with Crippen molar-refractivity contribution in [1.29, 1.82) is 5.26 Å². The Kier molecular flexibility index (Phi) is 5.46. The van der Waals surface area contributed by atoms with Crippen molar-refractivity contribution in [2.75, 3.05) is 19.8 Å². The normalized spacial score (nSPS) is 11.0. The lowest BCUT2D eigenvalue weighted by atomic mass is 10.2. The summed E-state index contributed by atoms with van der Waals surface area (Å²) in [5, 5.41) is 8.64. The van der Waals surface area contributed by atoms with Gasteiger partial charge < -0.3 is 9.47 Å². The molecule has 1 rings (SSSR count). The van der Waals surface area contributed by atoms with E-state index in [-0.39, 0.29) is 19.8 Å². The van der Waals surface area contributed by atoms with Crippen LogP contribution in [0.4, 0.5) is 13.2 Å². The zero-order valence-corrected chi connectivity index (χ0v) is 9.54. The van der Waals surface area contributed by atoms with Crippen LogP contribution >= 0.6 is 0 Å².